The Morgan fingerprint density at radius 2 is 2.00 bits per heavy atom. The standard InChI is InChI=1S/C14H12N2O/c1-3-12(10-15)5-4-11(2)13-6-8-14(16-17)9-7-13/h3-9H,2H2,1H3/b5-4-,12-3+. The van der Waals surface area contributed by atoms with Crippen LogP contribution in [0.1, 0.15) is 12.5 Å². The van der Waals surface area contributed by atoms with Crippen LogP contribution in [0.4, 0.5) is 5.69 Å². The summed E-state index contributed by atoms with van der Waals surface area (Å²) in [5.41, 5.74) is 2.63. The number of hydrogen-bond donors (Lipinski definition) is 0. The zero-order valence-electron chi connectivity index (χ0n) is 9.55. The molecule has 3 heteroatoms. The Labute approximate surface area is 100 Å². The lowest BCUT2D eigenvalue weighted by Gasteiger charge is -1.99. The van der Waals surface area contributed by atoms with Gasteiger partial charge in [0.25, 0.3) is 0 Å². The van der Waals surface area contributed by atoms with Gasteiger partial charge in [0.1, 0.15) is 5.69 Å². The zero-order valence-corrected chi connectivity index (χ0v) is 9.55. The van der Waals surface area contributed by atoms with E-state index >= 15 is 0 Å². The lowest BCUT2D eigenvalue weighted by Crippen LogP contribution is -1.78. The second-order valence-corrected chi connectivity index (χ2v) is 3.35. The van der Waals surface area contributed by atoms with Crippen LogP contribution in [-0.2, 0) is 0 Å². The number of nitriles is 1. The third-order valence-electron chi connectivity index (χ3n) is 2.25. The largest absolute Gasteiger partial charge is 0.192 e. The fourth-order valence-electron chi connectivity index (χ4n) is 1.22. The number of benzene rings is 1. The molecule has 84 valence electrons. The Bertz CT molecular complexity index is 516. The van der Waals surface area contributed by atoms with Crippen LogP contribution in [0.25, 0.3) is 5.57 Å². The maximum Gasteiger partial charge on any atom is 0.108 e. The van der Waals surface area contributed by atoms with E-state index in [1.165, 1.54) is 0 Å². The minimum Gasteiger partial charge on any atom is -0.192 e. The van der Waals surface area contributed by atoms with Crippen molar-refractivity contribution in [2.75, 3.05) is 0 Å². The monoisotopic (exact) mass is 224 g/mol. The third-order valence-corrected chi connectivity index (χ3v) is 2.25. The van der Waals surface area contributed by atoms with E-state index in [1.54, 1.807) is 49.4 Å². The minimum absolute atomic E-state index is 0.386. The molecule has 0 saturated heterocycles. The molecular formula is C14H12N2O. The van der Waals surface area contributed by atoms with Crippen LogP contribution in [-0.4, -0.2) is 0 Å². The summed E-state index contributed by atoms with van der Waals surface area (Å²) in [6.45, 7) is 5.69. The van der Waals surface area contributed by atoms with Crippen molar-refractivity contribution in [3.63, 3.8) is 0 Å². The molecule has 0 aliphatic rings. The van der Waals surface area contributed by atoms with Crippen molar-refractivity contribution in [3.05, 3.63) is 65.1 Å². The molecule has 1 aromatic carbocycles. The Morgan fingerprint density at radius 3 is 2.47 bits per heavy atom. The quantitative estimate of drug-likeness (QED) is 0.438. The first-order chi connectivity index (χ1) is 8.21. The van der Waals surface area contributed by atoms with E-state index in [-0.39, 0.29) is 0 Å². The van der Waals surface area contributed by atoms with E-state index in [4.69, 9.17) is 5.26 Å². The topological polar surface area (TPSA) is 53.2 Å². The van der Waals surface area contributed by atoms with Crippen molar-refractivity contribution in [1.82, 2.24) is 0 Å². The van der Waals surface area contributed by atoms with Crippen LogP contribution in [0, 0.1) is 16.2 Å². The predicted octanol–water partition coefficient (Wildman–Crippen LogP) is 4.12. The normalized spacial score (nSPS) is 11.2. The van der Waals surface area contributed by atoms with Crippen LogP contribution in [0.2, 0.25) is 0 Å². The molecule has 0 saturated carbocycles. The molecule has 0 heterocycles. The van der Waals surface area contributed by atoms with E-state index < -0.39 is 0 Å². The Morgan fingerprint density at radius 1 is 1.35 bits per heavy atom. The first-order valence-electron chi connectivity index (χ1n) is 5.08. The zero-order chi connectivity index (χ0) is 12.7. The first-order valence-corrected chi connectivity index (χ1v) is 5.08. The molecule has 0 unspecified atom stereocenters. The highest BCUT2D eigenvalue weighted by molar-refractivity contribution is 5.73. The van der Waals surface area contributed by atoms with Gasteiger partial charge in [-0.05, 0) is 41.4 Å². The summed E-state index contributed by atoms with van der Waals surface area (Å²) in [5.74, 6) is 0. The van der Waals surface area contributed by atoms with Crippen molar-refractivity contribution >= 4 is 11.3 Å². The lowest BCUT2D eigenvalue weighted by atomic mass is 10.1. The third kappa shape index (κ3) is 3.54. The molecule has 0 aliphatic heterocycles. The summed E-state index contributed by atoms with van der Waals surface area (Å²) < 4.78 is 0. The fraction of sp³-hybridized carbons (Fsp3) is 0.0714. The van der Waals surface area contributed by atoms with Crippen molar-refractivity contribution in [1.29, 1.82) is 5.26 Å². The van der Waals surface area contributed by atoms with E-state index in [0.29, 0.717) is 11.3 Å². The second kappa shape index (κ2) is 6.19. The van der Waals surface area contributed by atoms with Crippen molar-refractivity contribution in [3.8, 4) is 6.07 Å². The lowest BCUT2D eigenvalue weighted by molar-refractivity contribution is 1.47. The molecule has 0 radical (unpaired) electrons. The van der Waals surface area contributed by atoms with Crippen molar-refractivity contribution < 1.29 is 0 Å². The van der Waals surface area contributed by atoms with Gasteiger partial charge in [-0.2, -0.15) is 5.26 Å². The second-order valence-electron chi connectivity index (χ2n) is 3.35. The van der Waals surface area contributed by atoms with Crippen LogP contribution < -0.4 is 0 Å². The van der Waals surface area contributed by atoms with Gasteiger partial charge in [0.15, 0.2) is 0 Å². The highest BCUT2D eigenvalue weighted by Gasteiger charge is 1.96. The van der Waals surface area contributed by atoms with Crippen molar-refractivity contribution in [2.24, 2.45) is 5.18 Å². The molecule has 0 fully saturated rings. The molecule has 0 amide bonds. The molecule has 0 aliphatic carbocycles. The molecule has 0 spiro atoms. The summed E-state index contributed by atoms with van der Waals surface area (Å²) in [7, 11) is 0. The first kappa shape index (κ1) is 12.6. The number of nitrogens with zero attached hydrogens (tertiary/aromatic N) is 2. The molecule has 0 aromatic heterocycles. The molecule has 17 heavy (non-hydrogen) atoms. The van der Waals surface area contributed by atoms with Gasteiger partial charge >= 0.3 is 0 Å². The molecule has 0 atom stereocenters. The van der Waals surface area contributed by atoms with Crippen LogP contribution in [0.5, 0.6) is 0 Å². The van der Waals surface area contributed by atoms with Gasteiger partial charge in [0.2, 0.25) is 0 Å². The van der Waals surface area contributed by atoms with Crippen molar-refractivity contribution in [2.45, 2.75) is 6.92 Å². The fourth-order valence-corrected chi connectivity index (χ4v) is 1.22. The number of allylic oxidation sites excluding steroid dienone is 5. The van der Waals surface area contributed by atoms with Gasteiger partial charge in [-0.15, -0.1) is 4.91 Å². The van der Waals surface area contributed by atoms with E-state index in [1.807, 2.05) is 0 Å². The van der Waals surface area contributed by atoms with E-state index in [0.717, 1.165) is 11.1 Å². The Hall–Kier alpha value is -2.47. The average Bonchev–Trinajstić information content (AvgIpc) is 2.39. The number of hydrogen-bond acceptors (Lipinski definition) is 3. The summed E-state index contributed by atoms with van der Waals surface area (Å²) in [4.78, 5) is 10.3. The Balaban J connectivity index is 2.84. The molecule has 0 bridgehead atoms. The highest BCUT2D eigenvalue weighted by Crippen LogP contribution is 2.18. The maximum atomic E-state index is 10.3. The van der Waals surface area contributed by atoms with Gasteiger partial charge in [-0.25, -0.2) is 0 Å². The van der Waals surface area contributed by atoms with Crippen LogP contribution >= 0.6 is 0 Å². The van der Waals surface area contributed by atoms with Crippen LogP contribution in [0.3, 0.4) is 0 Å². The van der Waals surface area contributed by atoms with E-state index in [9.17, 15) is 4.91 Å². The predicted molar refractivity (Wildman–Crippen MR) is 69.4 cm³/mol. The number of nitroso groups, excluding NO2 is 1. The van der Waals surface area contributed by atoms with Gasteiger partial charge in [0, 0.05) is 5.57 Å². The maximum absolute atomic E-state index is 10.3. The molecular weight excluding hydrogens is 212 g/mol. The smallest absolute Gasteiger partial charge is 0.108 e. The SMILES string of the molecule is C=C(/C=C\C(C#N)=C/C)c1ccc(N=O)cc1. The van der Waals surface area contributed by atoms with Gasteiger partial charge in [-0.1, -0.05) is 30.9 Å². The highest BCUT2D eigenvalue weighted by atomic mass is 16.3. The minimum atomic E-state index is 0.386. The average molecular weight is 224 g/mol. The van der Waals surface area contributed by atoms with Gasteiger partial charge in [-0.3, -0.25) is 0 Å². The molecule has 1 rings (SSSR count). The van der Waals surface area contributed by atoms with Gasteiger partial charge < -0.3 is 0 Å². The van der Waals surface area contributed by atoms with E-state index in [2.05, 4.69) is 17.8 Å². The summed E-state index contributed by atoms with van der Waals surface area (Å²) in [6.07, 6.45) is 5.19. The molecule has 1 aromatic rings. The summed E-state index contributed by atoms with van der Waals surface area (Å²) >= 11 is 0. The molecule has 0 N–H and O–H groups in total. The summed E-state index contributed by atoms with van der Waals surface area (Å²) in [5, 5.41) is 11.6. The molecule has 3 nitrogen and oxygen atoms in total. The summed E-state index contributed by atoms with van der Waals surface area (Å²) in [6, 6.07) is 8.85. The Kier molecular flexibility index (Phi) is 4.58. The number of rotatable bonds is 4. The van der Waals surface area contributed by atoms with Gasteiger partial charge in [0.05, 0.1) is 6.07 Å². The van der Waals surface area contributed by atoms with Crippen LogP contribution in [0.15, 0.2) is 59.8 Å².